The van der Waals surface area contributed by atoms with Crippen LogP contribution in [0.2, 0.25) is 0 Å². The smallest absolute Gasteiger partial charge is 0.341 e. The zero-order valence-electron chi connectivity index (χ0n) is 17.5. The van der Waals surface area contributed by atoms with Gasteiger partial charge < -0.3 is 19.9 Å². The number of hydrogen-bond acceptors (Lipinski definition) is 5. The molecule has 1 atom stereocenters. The zero-order chi connectivity index (χ0) is 21.6. The summed E-state index contributed by atoms with van der Waals surface area (Å²) < 4.78 is 5.13. The van der Waals surface area contributed by atoms with Gasteiger partial charge in [0.15, 0.2) is 6.54 Å². The lowest BCUT2D eigenvalue weighted by atomic mass is 10.1. The molecule has 0 radical (unpaired) electrons. The van der Waals surface area contributed by atoms with Crippen molar-refractivity contribution in [1.29, 1.82) is 0 Å². The van der Waals surface area contributed by atoms with Crippen LogP contribution in [-0.4, -0.2) is 57.0 Å². The molecule has 0 saturated heterocycles. The quantitative estimate of drug-likeness (QED) is 0.638. The van der Waals surface area contributed by atoms with Gasteiger partial charge in [0.2, 0.25) is 0 Å². The van der Waals surface area contributed by atoms with Crippen molar-refractivity contribution in [3.8, 4) is 0 Å². The third-order valence-electron chi connectivity index (χ3n) is 4.29. The minimum atomic E-state index is -0.542. The Kier molecular flexibility index (Phi) is 7.92. The monoisotopic (exact) mass is 418 g/mol. The molecule has 1 heterocycles. The Morgan fingerprint density at radius 2 is 1.83 bits per heavy atom. The molecule has 0 fully saturated rings. The van der Waals surface area contributed by atoms with E-state index in [0.29, 0.717) is 22.0 Å². The van der Waals surface area contributed by atoms with E-state index in [9.17, 15) is 14.4 Å². The third kappa shape index (κ3) is 5.88. The molecule has 29 heavy (non-hydrogen) atoms. The van der Waals surface area contributed by atoms with Crippen LogP contribution >= 0.6 is 11.3 Å². The highest BCUT2D eigenvalue weighted by atomic mass is 32.1. The molecule has 0 saturated carbocycles. The number of esters is 1. The second kappa shape index (κ2) is 10.2. The van der Waals surface area contributed by atoms with Gasteiger partial charge in [-0.2, -0.15) is 0 Å². The van der Waals surface area contributed by atoms with E-state index >= 15 is 0 Å². The Morgan fingerprint density at radius 3 is 2.41 bits per heavy atom. The minimum absolute atomic E-state index is 0.211. The van der Waals surface area contributed by atoms with Crippen molar-refractivity contribution in [2.45, 2.75) is 20.4 Å². The third-order valence-corrected chi connectivity index (χ3v) is 5.49. The first kappa shape index (κ1) is 22.6. The second-order valence-corrected chi connectivity index (χ2v) is 8.05. The fourth-order valence-electron chi connectivity index (χ4n) is 2.91. The van der Waals surface area contributed by atoms with E-state index in [1.54, 1.807) is 27.9 Å². The molecule has 7 nitrogen and oxygen atoms in total. The average molecular weight is 419 g/mol. The van der Waals surface area contributed by atoms with Crippen LogP contribution in [0.4, 0.5) is 5.00 Å². The maximum atomic E-state index is 12.6. The first-order valence-electron chi connectivity index (χ1n) is 9.41. The van der Waals surface area contributed by atoms with Crippen molar-refractivity contribution in [2.24, 2.45) is 0 Å². The van der Waals surface area contributed by atoms with E-state index in [2.05, 4.69) is 5.32 Å². The molecular weight excluding hydrogens is 390 g/mol. The van der Waals surface area contributed by atoms with E-state index in [1.165, 1.54) is 4.90 Å². The lowest BCUT2D eigenvalue weighted by molar-refractivity contribution is -0.885. The topological polar surface area (TPSA) is 80.1 Å². The summed E-state index contributed by atoms with van der Waals surface area (Å²) in [7, 11) is 5.22. The summed E-state index contributed by atoms with van der Waals surface area (Å²) in [5.74, 6) is -0.987. The second-order valence-electron chi connectivity index (χ2n) is 7.02. The molecule has 0 aliphatic heterocycles. The van der Waals surface area contributed by atoms with Crippen LogP contribution in [0.5, 0.6) is 0 Å². The van der Waals surface area contributed by atoms with Gasteiger partial charge in [-0.05, 0) is 19.4 Å². The molecule has 156 valence electrons. The Morgan fingerprint density at radius 1 is 1.17 bits per heavy atom. The van der Waals surface area contributed by atoms with Gasteiger partial charge in [-0.1, -0.05) is 30.3 Å². The number of thiophene rings is 1. The molecular formula is C21H28N3O4S+. The molecule has 0 bridgehead atoms. The molecule has 0 aliphatic rings. The number of hydrogen-bond donors (Lipinski definition) is 2. The Labute approximate surface area is 175 Å². The van der Waals surface area contributed by atoms with Gasteiger partial charge in [0, 0.05) is 19.7 Å². The van der Waals surface area contributed by atoms with Crippen LogP contribution in [0.25, 0.3) is 0 Å². The van der Waals surface area contributed by atoms with Crippen LogP contribution in [0.15, 0.2) is 30.3 Å². The standard InChI is InChI=1S/C21H27N3O4S/c1-6-28-21(27)17-14(2)18(20(26)23(3)4)29-19(17)22-16(25)13-24(5)12-15-10-8-7-9-11-15/h7-11H,6,12-13H2,1-5H3,(H,22,25)/p+1. The largest absolute Gasteiger partial charge is 0.462 e. The highest BCUT2D eigenvalue weighted by Crippen LogP contribution is 2.34. The Hall–Kier alpha value is -2.71. The summed E-state index contributed by atoms with van der Waals surface area (Å²) in [6.45, 7) is 4.55. The van der Waals surface area contributed by atoms with Crippen LogP contribution in [0.1, 0.15) is 38.1 Å². The van der Waals surface area contributed by atoms with Crippen LogP contribution in [-0.2, 0) is 16.1 Å². The fraction of sp³-hybridized carbons (Fsp3) is 0.381. The number of benzene rings is 1. The number of quaternary nitrogens is 1. The first-order valence-corrected chi connectivity index (χ1v) is 10.2. The highest BCUT2D eigenvalue weighted by Gasteiger charge is 2.27. The van der Waals surface area contributed by atoms with Crippen LogP contribution in [0, 0.1) is 6.92 Å². The van der Waals surface area contributed by atoms with E-state index in [-0.39, 0.29) is 30.5 Å². The van der Waals surface area contributed by atoms with Gasteiger partial charge >= 0.3 is 5.97 Å². The summed E-state index contributed by atoms with van der Waals surface area (Å²) in [6, 6.07) is 9.91. The summed E-state index contributed by atoms with van der Waals surface area (Å²) in [5, 5.41) is 3.16. The number of carbonyl (C=O) groups is 3. The lowest BCUT2D eigenvalue weighted by Crippen LogP contribution is -3.08. The van der Waals surface area contributed by atoms with Gasteiger partial charge in [0.25, 0.3) is 11.8 Å². The van der Waals surface area contributed by atoms with Crippen molar-refractivity contribution >= 4 is 34.1 Å². The Bertz CT molecular complexity index is 878. The molecule has 1 aromatic carbocycles. The van der Waals surface area contributed by atoms with Gasteiger partial charge in [0.05, 0.1) is 24.1 Å². The number of rotatable bonds is 8. The first-order chi connectivity index (χ1) is 13.7. The predicted molar refractivity (Wildman–Crippen MR) is 114 cm³/mol. The summed E-state index contributed by atoms with van der Waals surface area (Å²) in [6.07, 6.45) is 0. The van der Waals surface area contributed by atoms with Gasteiger partial charge in [-0.25, -0.2) is 4.79 Å². The number of amides is 2. The highest BCUT2D eigenvalue weighted by molar-refractivity contribution is 7.18. The van der Waals surface area contributed by atoms with E-state index in [0.717, 1.165) is 21.8 Å². The van der Waals surface area contributed by atoms with Crippen molar-refractivity contribution in [2.75, 3.05) is 39.6 Å². The fourth-order valence-corrected chi connectivity index (χ4v) is 4.14. The van der Waals surface area contributed by atoms with Crippen LogP contribution in [0.3, 0.4) is 0 Å². The molecule has 0 spiro atoms. The molecule has 2 N–H and O–H groups in total. The zero-order valence-corrected chi connectivity index (χ0v) is 18.3. The maximum absolute atomic E-state index is 12.6. The van der Waals surface area contributed by atoms with E-state index < -0.39 is 5.97 Å². The number of nitrogens with one attached hydrogen (secondary N) is 2. The number of likely N-dealkylation sites (N-methyl/N-ethyl adjacent to an activating group) is 1. The molecule has 0 aliphatic carbocycles. The van der Waals surface area contributed by atoms with Gasteiger partial charge in [-0.15, -0.1) is 11.3 Å². The summed E-state index contributed by atoms with van der Waals surface area (Å²) >= 11 is 1.10. The number of nitrogens with zero attached hydrogens (tertiary/aromatic N) is 1. The predicted octanol–water partition coefficient (Wildman–Crippen LogP) is 1.59. The number of ether oxygens (including phenoxy) is 1. The van der Waals surface area contributed by atoms with Crippen molar-refractivity contribution in [3.63, 3.8) is 0 Å². The SMILES string of the molecule is CCOC(=O)c1c(NC(=O)C[NH+](C)Cc2ccccc2)sc(C(=O)N(C)C)c1C. The lowest BCUT2D eigenvalue weighted by Gasteiger charge is -2.14. The molecule has 8 heteroatoms. The normalized spacial score (nSPS) is 11.6. The summed E-state index contributed by atoms with van der Waals surface area (Å²) in [4.78, 5) is 40.3. The average Bonchev–Trinajstić information content (AvgIpc) is 2.97. The van der Waals surface area contributed by atoms with Crippen molar-refractivity contribution in [3.05, 3.63) is 51.9 Å². The van der Waals surface area contributed by atoms with Gasteiger partial charge in [0.1, 0.15) is 11.5 Å². The van der Waals surface area contributed by atoms with E-state index in [1.807, 2.05) is 37.4 Å². The molecule has 1 unspecified atom stereocenters. The summed E-state index contributed by atoms with van der Waals surface area (Å²) in [5.41, 5.74) is 1.90. The Balaban J connectivity index is 2.19. The minimum Gasteiger partial charge on any atom is -0.462 e. The van der Waals surface area contributed by atoms with Crippen molar-refractivity contribution in [1.82, 2.24) is 4.90 Å². The molecule has 1 aromatic heterocycles. The van der Waals surface area contributed by atoms with Crippen LogP contribution < -0.4 is 10.2 Å². The van der Waals surface area contributed by atoms with E-state index in [4.69, 9.17) is 4.74 Å². The molecule has 2 aromatic rings. The number of carbonyl (C=O) groups excluding carboxylic acids is 3. The van der Waals surface area contributed by atoms with Gasteiger partial charge in [-0.3, -0.25) is 9.59 Å². The maximum Gasteiger partial charge on any atom is 0.341 e. The molecule has 2 amide bonds. The molecule has 2 rings (SSSR count). The van der Waals surface area contributed by atoms with Crippen molar-refractivity contribution < 1.29 is 24.0 Å². The number of anilines is 1.